The van der Waals surface area contributed by atoms with Crippen molar-refractivity contribution in [2.75, 3.05) is 25.5 Å². The maximum atomic E-state index is 12.9. The van der Waals surface area contributed by atoms with E-state index >= 15 is 0 Å². The lowest BCUT2D eigenvalue weighted by Gasteiger charge is -2.44. The number of likely N-dealkylation sites (tertiary alicyclic amines) is 1. The summed E-state index contributed by atoms with van der Waals surface area (Å²) in [6.45, 7) is 1.12. The molecule has 2 aliphatic rings. The van der Waals surface area contributed by atoms with Gasteiger partial charge in [0.15, 0.2) is 5.78 Å². The first-order valence-electron chi connectivity index (χ1n) is 11.1. The maximum absolute atomic E-state index is 12.9. The van der Waals surface area contributed by atoms with Gasteiger partial charge in [-0.25, -0.2) is 4.79 Å². The van der Waals surface area contributed by atoms with Crippen LogP contribution in [-0.4, -0.2) is 47.7 Å². The fraction of sp³-hybridized carbons (Fsp3) is 0.222. The van der Waals surface area contributed by atoms with E-state index < -0.39 is 0 Å². The van der Waals surface area contributed by atoms with E-state index in [4.69, 9.17) is 0 Å². The highest BCUT2D eigenvalue weighted by Crippen LogP contribution is 2.45. The van der Waals surface area contributed by atoms with Gasteiger partial charge in [-0.1, -0.05) is 48.5 Å². The van der Waals surface area contributed by atoms with Crippen LogP contribution in [0.4, 0.5) is 10.5 Å². The molecule has 0 aromatic heterocycles. The summed E-state index contributed by atoms with van der Waals surface area (Å²) >= 11 is 0. The standard InChI is InChI=1S/C27H25N3O3/c1-29-25(32)22-9-5-6-10-23(22)27(29)15-17-30(18-16-27)26(33)28-21-13-11-20(12-14-21)24(31)19-7-3-2-4-8-19/h2-14H,15-18H2,1H3,(H,28,33). The molecule has 1 N–H and O–H groups in total. The lowest BCUT2D eigenvalue weighted by Crippen LogP contribution is -2.52. The van der Waals surface area contributed by atoms with E-state index in [-0.39, 0.29) is 23.3 Å². The SMILES string of the molecule is CN1C(=O)c2ccccc2C12CCN(C(=O)Nc1ccc(C(=O)c3ccccc3)cc1)CC2. The summed E-state index contributed by atoms with van der Waals surface area (Å²) in [5, 5.41) is 2.93. The summed E-state index contributed by atoms with van der Waals surface area (Å²) in [5.74, 6) is -0.000965. The molecule has 0 saturated carbocycles. The summed E-state index contributed by atoms with van der Waals surface area (Å²) < 4.78 is 0. The van der Waals surface area contributed by atoms with Gasteiger partial charge in [0.05, 0.1) is 5.54 Å². The predicted molar refractivity (Wildman–Crippen MR) is 126 cm³/mol. The Morgan fingerprint density at radius 1 is 0.818 bits per heavy atom. The molecule has 6 nitrogen and oxygen atoms in total. The first kappa shape index (κ1) is 20.9. The predicted octanol–water partition coefficient (Wildman–Crippen LogP) is 4.53. The number of carbonyl (C=O) groups is 3. The summed E-state index contributed by atoms with van der Waals surface area (Å²) in [6.07, 6.45) is 1.40. The van der Waals surface area contributed by atoms with Crippen molar-refractivity contribution >= 4 is 23.4 Å². The van der Waals surface area contributed by atoms with Crippen LogP contribution < -0.4 is 5.32 Å². The third-order valence-corrected chi connectivity index (χ3v) is 6.92. The average molecular weight is 440 g/mol. The van der Waals surface area contributed by atoms with Crippen molar-refractivity contribution in [3.05, 3.63) is 101 Å². The quantitative estimate of drug-likeness (QED) is 0.610. The number of benzene rings is 3. The van der Waals surface area contributed by atoms with Crippen LogP contribution in [0.15, 0.2) is 78.9 Å². The Bertz CT molecular complexity index is 1210. The van der Waals surface area contributed by atoms with Crippen LogP contribution >= 0.6 is 0 Å². The van der Waals surface area contributed by atoms with Gasteiger partial charge in [0, 0.05) is 42.5 Å². The largest absolute Gasteiger partial charge is 0.332 e. The summed E-state index contributed by atoms with van der Waals surface area (Å²) in [6, 6.07) is 23.7. The number of anilines is 1. The van der Waals surface area contributed by atoms with E-state index in [1.165, 1.54) is 0 Å². The highest BCUT2D eigenvalue weighted by molar-refractivity contribution is 6.09. The Kier molecular flexibility index (Phi) is 5.21. The monoisotopic (exact) mass is 439 g/mol. The average Bonchev–Trinajstić information content (AvgIpc) is 3.07. The number of amides is 3. The molecule has 0 aliphatic carbocycles. The molecule has 3 aromatic carbocycles. The lowest BCUT2D eigenvalue weighted by molar-refractivity contribution is 0.0448. The smallest absolute Gasteiger partial charge is 0.321 e. The zero-order chi connectivity index (χ0) is 23.0. The van der Waals surface area contributed by atoms with Crippen LogP contribution in [0.3, 0.4) is 0 Å². The first-order valence-corrected chi connectivity index (χ1v) is 11.1. The van der Waals surface area contributed by atoms with E-state index in [1.54, 1.807) is 41.3 Å². The molecule has 0 atom stereocenters. The third-order valence-electron chi connectivity index (χ3n) is 6.92. The molecule has 2 aliphatic heterocycles. The van der Waals surface area contributed by atoms with Gasteiger partial charge in [-0.05, 0) is 48.7 Å². The van der Waals surface area contributed by atoms with Crippen LogP contribution in [-0.2, 0) is 5.54 Å². The summed E-state index contributed by atoms with van der Waals surface area (Å²) in [4.78, 5) is 41.8. The number of fused-ring (bicyclic) bond motifs is 2. The second kappa shape index (κ2) is 8.20. The highest BCUT2D eigenvalue weighted by atomic mass is 16.2. The topological polar surface area (TPSA) is 69.7 Å². The second-order valence-electron chi connectivity index (χ2n) is 8.63. The number of piperidine rings is 1. The molecule has 1 saturated heterocycles. The van der Waals surface area contributed by atoms with Crippen LogP contribution in [0.1, 0.15) is 44.7 Å². The molecule has 0 unspecified atom stereocenters. The Hall–Kier alpha value is -3.93. The Morgan fingerprint density at radius 2 is 1.42 bits per heavy atom. The molecule has 33 heavy (non-hydrogen) atoms. The molecule has 166 valence electrons. The molecular formula is C27H25N3O3. The zero-order valence-corrected chi connectivity index (χ0v) is 18.5. The fourth-order valence-electron chi connectivity index (χ4n) is 4.98. The van der Waals surface area contributed by atoms with Crippen molar-refractivity contribution in [3.8, 4) is 0 Å². The number of urea groups is 1. The lowest BCUT2D eigenvalue weighted by atomic mass is 9.81. The Balaban J connectivity index is 1.23. The van der Waals surface area contributed by atoms with Gasteiger partial charge < -0.3 is 15.1 Å². The van der Waals surface area contributed by atoms with Gasteiger partial charge in [0.1, 0.15) is 0 Å². The van der Waals surface area contributed by atoms with Crippen LogP contribution in [0.25, 0.3) is 0 Å². The van der Waals surface area contributed by atoms with E-state index in [0.29, 0.717) is 42.7 Å². The van der Waals surface area contributed by atoms with E-state index in [9.17, 15) is 14.4 Å². The molecule has 1 fully saturated rings. The molecule has 3 aromatic rings. The summed E-state index contributed by atoms with van der Waals surface area (Å²) in [7, 11) is 1.86. The fourth-order valence-corrected chi connectivity index (χ4v) is 4.98. The number of ketones is 1. The van der Waals surface area contributed by atoms with Crippen LogP contribution in [0.5, 0.6) is 0 Å². The van der Waals surface area contributed by atoms with Gasteiger partial charge in [-0.3, -0.25) is 9.59 Å². The van der Waals surface area contributed by atoms with Gasteiger partial charge in [-0.15, -0.1) is 0 Å². The minimum absolute atomic E-state index is 0.0497. The van der Waals surface area contributed by atoms with Crippen molar-refractivity contribution in [3.63, 3.8) is 0 Å². The van der Waals surface area contributed by atoms with Gasteiger partial charge in [-0.2, -0.15) is 0 Å². The van der Waals surface area contributed by atoms with Gasteiger partial charge in [0.25, 0.3) is 5.91 Å². The van der Waals surface area contributed by atoms with Crippen LogP contribution in [0, 0.1) is 0 Å². The normalized spacial score (nSPS) is 16.6. The summed E-state index contributed by atoms with van der Waals surface area (Å²) in [5.41, 5.74) is 3.34. The van der Waals surface area contributed by atoms with E-state index in [2.05, 4.69) is 5.32 Å². The zero-order valence-electron chi connectivity index (χ0n) is 18.5. The molecule has 5 rings (SSSR count). The Morgan fingerprint density at radius 3 is 2.12 bits per heavy atom. The number of hydrogen-bond acceptors (Lipinski definition) is 3. The van der Waals surface area contributed by atoms with Crippen molar-refractivity contribution < 1.29 is 14.4 Å². The van der Waals surface area contributed by atoms with Crippen molar-refractivity contribution in [2.24, 2.45) is 0 Å². The van der Waals surface area contributed by atoms with Crippen LogP contribution in [0.2, 0.25) is 0 Å². The maximum Gasteiger partial charge on any atom is 0.321 e. The molecule has 0 radical (unpaired) electrons. The van der Waals surface area contributed by atoms with Crippen molar-refractivity contribution in [2.45, 2.75) is 18.4 Å². The van der Waals surface area contributed by atoms with Gasteiger partial charge in [0.2, 0.25) is 0 Å². The number of carbonyl (C=O) groups excluding carboxylic acids is 3. The van der Waals surface area contributed by atoms with Crippen molar-refractivity contribution in [1.29, 1.82) is 0 Å². The molecule has 0 bridgehead atoms. The first-order chi connectivity index (χ1) is 16.0. The van der Waals surface area contributed by atoms with Gasteiger partial charge >= 0.3 is 6.03 Å². The minimum atomic E-state index is -0.343. The third kappa shape index (κ3) is 3.57. The molecule has 3 amide bonds. The van der Waals surface area contributed by atoms with Crippen molar-refractivity contribution in [1.82, 2.24) is 9.80 Å². The number of rotatable bonds is 3. The molecule has 6 heteroatoms. The number of nitrogens with one attached hydrogen (secondary N) is 1. The molecule has 1 spiro atoms. The second-order valence-corrected chi connectivity index (χ2v) is 8.63. The number of hydrogen-bond donors (Lipinski definition) is 1. The van der Waals surface area contributed by atoms with E-state index in [0.717, 1.165) is 11.1 Å². The van der Waals surface area contributed by atoms with E-state index in [1.807, 2.05) is 54.4 Å². The molecular weight excluding hydrogens is 414 g/mol. The number of nitrogens with zero attached hydrogens (tertiary/aromatic N) is 2. The highest BCUT2D eigenvalue weighted by Gasteiger charge is 2.49. The Labute approximate surface area is 192 Å². The molecule has 2 heterocycles. The minimum Gasteiger partial charge on any atom is -0.332 e.